The summed E-state index contributed by atoms with van der Waals surface area (Å²) in [5.41, 5.74) is 0. The number of hydrogen-bond acceptors (Lipinski definition) is 2. The standard InChI is InChI=1S/C10H21BrN2/c1-4-7-13(5-2)8-6-12-9-10(3)11/h12H,3-9H2,1-2H3. The van der Waals surface area contributed by atoms with E-state index in [2.05, 4.69) is 46.6 Å². The van der Waals surface area contributed by atoms with Gasteiger partial charge in [-0.1, -0.05) is 36.4 Å². The largest absolute Gasteiger partial charge is 0.311 e. The molecule has 0 aliphatic heterocycles. The van der Waals surface area contributed by atoms with Crippen molar-refractivity contribution in [3.8, 4) is 0 Å². The van der Waals surface area contributed by atoms with Crippen molar-refractivity contribution in [2.24, 2.45) is 0 Å². The van der Waals surface area contributed by atoms with Crippen LogP contribution in [0.5, 0.6) is 0 Å². The Morgan fingerprint density at radius 1 is 1.38 bits per heavy atom. The molecule has 0 saturated heterocycles. The lowest BCUT2D eigenvalue weighted by Gasteiger charge is -2.19. The van der Waals surface area contributed by atoms with Gasteiger partial charge in [0.2, 0.25) is 0 Å². The fraction of sp³-hybridized carbons (Fsp3) is 0.800. The summed E-state index contributed by atoms with van der Waals surface area (Å²) < 4.78 is 1.02. The average Bonchev–Trinajstić information content (AvgIpc) is 2.10. The first kappa shape index (κ1) is 13.1. The Morgan fingerprint density at radius 3 is 2.54 bits per heavy atom. The first-order chi connectivity index (χ1) is 6.20. The van der Waals surface area contributed by atoms with Crippen molar-refractivity contribution in [2.75, 3.05) is 32.7 Å². The number of nitrogens with one attached hydrogen (secondary N) is 1. The Hall–Kier alpha value is 0.140. The van der Waals surface area contributed by atoms with Crippen LogP contribution in [0.15, 0.2) is 11.1 Å². The van der Waals surface area contributed by atoms with Gasteiger partial charge in [-0.15, -0.1) is 0 Å². The van der Waals surface area contributed by atoms with E-state index in [4.69, 9.17) is 0 Å². The summed E-state index contributed by atoms with van der Waals surface area (Å²) in [5.74, 6) is 0. The molecule has 78 valence electrons. The summed E-state index contributed by atoms with van der Waals surface area (Å²) >= 11 is 3.32. The Balaban J connectivity index is 3.32. The molecule has 0 rings (SSSR count). The van der Waals surface area contributed by atoms with E-state index in [-0.39, 0.29) is 0 Å². The van der Waals surface area contributed by atoms with Crippen LogP contribution in [0.3, 0.4) is 0 Å². The third-order valence-electron chi connectivity index (χ3n) is 1.91. The predicted octanol–water partition coefficient (Wildman–Crippen LogP) is 2.22. The summed E-state index contributed by atoms with van der Waals surface area (Å²) in [5, 5.41) is 3.32. The van der Waals surface area contributed by atoms with E-state index in [1.54, 1.807) is 0 Å². The van der Waals surface area contributed by atoms with Crippen molar-refractivity contribution in [3.05, 3.63) is 11.1 Å². The molecule has 0 fully saturated rings. The van der Waals surface area contributed by atoms with Crippen molar-refractivity contribution < 1.29 is 0 Å². The van der Waals surface area contributed by atoms with Crippen molar-refractivity contribution in [3.63, 3.8) is 0 Å². The Kier molecular flexibility index (Phi) is 8.82. The summed E-state index contributed by atoms with van der Waals surface area (Å²) in [6.45, 7) is 13.6. The van der Waals surface area contributed by atoms with Gasteiger partial charge in [-0.05, 0) is 19.5 Å². The molecule has 0 aromatic rings. The topological polar surface area (TPSA) is 15.3 Å². The fourth-order valence-corrected chi connectivity index (χ4v) is 1.40. The SMILES string of the molecule is C=C(Br)CNCCN(CC)CCC. The summed E-state index contributed by atoms with van der Waals surface area (Å²) in [7, 11) is 0. The van der Waals surface area contributed by atoms with E-state index in [1.807, 2.05) is 0 Å². The molecule has 0 heterocycles. The second kappa shape index (κ2) is 8.73. The molecule has 1 N–H and O–H groups in total. The normalized spacial score (nSPS) is 10.8. The van der Waals surface area contributed by atoms with Gasteiger partial charge in [0.1, 0.15) is 0 Å². The van der Waals surface area contributed by atoms with Crippen molar-refractivity contribution in [2.45, 2.75) is 20.3 Å². The van der Waals surface area contributed by atoms with E-state index in [0.29, 0.717) is 0 Å². The molecule has 3 heteroatoms. The third kappa shape index (κ3) is 8.47. The van der Waals surface area contributed by atoms with Gasteiger partial charge < -0.3 is 10.2 Å². The van der Waals surface area contributed by atoms with Crippen LogP contribution in [0.4, 0.5) is 0 Å². The molecule has 2 nitrogen and oxygen atoms in total. The van der Waals surface area contributed by atoms with Crippen LogP contribution in [0, 0.1) is 0 Å². The molecule has 0 aromatic carbocycles. The zero-order chi connectivity index (χ0) is 10.1. The van der Waals surface area contributed by atoms with Crippen LogP contribution in [0.2, 0.25) is 0 Å². The minimum absolute atomic E-state index is 0.865. The van der Waals surface area contributed by atoms with Gasteiger partial charge in [-0.3, -0.25) is 0 Å². The second-order valence-electron chi connectivity index (χ2n) is 3.13. The van der Waals surface area contributed by atoms with Gasteiger partial charge in [-0.25, -0.2) is 0 Å². The van der Waals surface area contributed by atoms with E-state index in [1.165, 1.54) is 13.0 Å². The second-order valence-corrected chi connectivity index (χ2v) is 4.25. The fourth-order valence-electron chi connectivity index (χ4n) is 1.21. The van der Waals surface area contributed by atoms with Gasteiger partial charge in [0.05, 0.1) is 0 Å². The molecule has 0 saturated carbocycles. The number of hydrogen-bond donors (Lipinski definition) is 1. The van der Waals surface area contributed by atoms with E-state index < -0.39 is 0 Å². The first-order valence-electron chi connectivity index (χ1n) is 4.97. The molecular weight excluding hydrogens is 228 g/mol. The lowest BCUT2D eigenvalue weighted by atomic mass is 10.4. The first-order valence-corrected chi connectivity index (χ1v) is 5.76. The third-order valence-corrected chi connectivity index (χ3v) is 2.19. The van der Waals surface area contributed by atoms with Crippen LogP contribution in [-0.2, 0) is 0 Å². The Bertz CT molecular complexity index is 137. The highest BCUT2D eigenvalue weighted by Crippen LogP contribution is 1.96. The smallest absolute Gasteiger partial charge is 0.0266 e. The minimum atomic E-state index is 0.865. The van der Waals surface area contributed by atoms with Crippen LogP contribution >= 0.6 is 15.9 Å². The van der Waals surface area contributed by atoms with E-state index in [9.17, 15) is 0 Å². The number of halogens is 1. The highest BCUT2D eigenvalue weighted by atomic mass is 79.9. The molecule has 0 aromatic heterocycles. The lowest BCUT2D eigenvalue weighted by molar-refractivity contribution is 0.289. The molecule has 0 spiro atoms. The van der Waals surface area contributed by atoms with Gasteiger partial charge >= 0.3 is 0 Å². The van der Waals surface area contributed by atoms with Crippen molar-refractivity contribution in [1.82, 2.24) is 10.2 Å². The Labute approximate surface area is 90.5 Å². The van der Waals surface area contributed by atoms with Crippen molar-refractivity contribution >= 4 is 15.9 Å². The summed E-state index contributed by atoms with van der Waals surface area (Å²) in [6, 6.07) is 0. The molecule has 13 heavy (non-hydrogen) atoms. The zero-order valence-corrected chi connectivity index (χ0v) is 10.4. The quantitative estimate of drug-likeness (QED) is 0.663. The molecule has 0 amide bonds. The summed E-state index contributed by atoms with van der Waals surface area (Å²) in [6.07, 6.45) is 1.24. The van der Waals surface area contributed by atoms with Crippen LogP contribution in [0.1, 0.15) is 20.3 Å². The van der Waals surface area contributed by atoms with Gasteiger partial charge in [0.25, 0.3) is 0 Å². The molecule has 0 bridgehead atoms. The van der Waals surface area contributed by atoms with E-state index >= 15 is 0 Å². The molecule has 0 radical (unpaired) electrons. The lowest BCUT2D eigenvalue weighted by Crippen LogP contribution is -2.32. The summed E-state index contributed by atoms with van der Waals surface area (Å²) in [4.78, 5) is 2.45. The number of nitrogens with zero attached hydrogens (tertiary/aromatic N) is 1. The molecule has 0 aliphatic carbocycles. The maximum Gasteiger partial charge on any atom is 0.0266 e. The minimum Gasteiger partial charge on any atom is -0.311 e. The van der Waals surface area contributed by atoms with Gasteiger partial charge in [0, 0.05) is 24.1 Å². The number of rotatable bonds is 8. The monoisotopic (exact) mass is 248 g/mol. The maximum absolute atomic E-state index is 3.77. The van der Waals surface area contributed by atoms with E-state index in [0.717, 1.165) is 30.7 Å². The van der Waals surface area contributed by atoms with Gasteiger partial charge in [0.15, 0.2) is 0 Å². The van der Waals surface area contributed by atoms with Crippen molar-refractivity contribution in [1.29, 1.82) is 0 Å². The number of likely N-dealkylation sites (N-methyl/N-ethyl adjacent to an activating group) is 1. The highest BCUT2D eigenvalue weighted by Gasteiger charge is 1.98. The van der Waals surface area contributed by atoms with Crippen LogP contribution < -0.4 is 5.32 Å². The van der Waals surface area contributed by atoms with Crippen LogP contribution in [-0.4, -0.2) is 37.6 Å². The van der Waals surface area contributed by atoms with Gasteiger partial charge in [-0.2, -0.15) is 0 Å². The zero-order valence-electron chi connectivity index (χ0n) is 8.77. The van der Waals surface area contributed by atoms with Crippen LogP contribution in [0.25, 0.3) is 0 Å². The Morgan fingerprint density at radius 2 is 2.08 bits per heavy atom. The molecule has 0 atom stereocenters. The molecule has 0 aliphatic rings. The molecule has 0 unspecified atom stereocenters. The highest BCUT2D eigenvalue weighted by molar-refractivity contribution is 9.11. The molecular formula is C10H21BrN2. The predicted molar refractivity (Wildman–Crippen MR) is 63.3 cm³/mol. The average molecular weight is 249 g/mol. The maximum atomic E-state index is 3.77.